The number of carboxylic acids is 1. The Morgan fingerprint density at radius 2 is 2.05 bits per heavy atom. The van der Waals surface area contributed by atoms with Crippen LogP contribution in [0.4, 0.5) is 14.9 Å². The van der Waals surface area contributed by atoms with Gasteiger partial charge in [0.1, 0.15) is 10.5 Å². The Morgan fingerprint density at radius 3 is 2.63 bits per heavy atom. The second-order valence-corrected chi connectivity index (χ2v) is 5.67. The van der Waals surface area contributed by atoms with Crippen molar-refractivity contribution in [3.63, 3.8) is 0 Å². The van der Waals surface area contributed by atoms with Gasteiger partial charge in [-0.25, -0.2) is 9.59 Å². The van der Waals surface area contributed by atoms with Crippen molar-refractivity contribution in [3.8, 4) is 0 Å². The first kappa shape index (κ1) is 13.4. The molecule has 0 aromatic carbocycles. The molecule has 2 rings (SSSR count). The zero-order valence-corrected chi connectivity index (χ0v) is 11.7. The van der Waals surface area contributed by atoms with Crippen molar-refractivity contribution in [2.45, 2.75) is 13.8 Å². The summed E-state index contributed by atoms with van der Waals surface area (Å²) in [5.41, 5.74) is 2.26. The molecule has 0 aliphatic heterocycles. The molecule has 0 saturated heterocycles. The SMILES string of the molecule is Cc1sc(NC(=O)Nc2nncs2)c(C(=O)O)c1C. The number of carbonyl (C=O) groups is 2. The Labute approximate surface area is 116 Å². The van der Waals surface area contributed by atoms with Gasteiger partial charge in [0.15, 0.2) is 0 Å². The fourth-order valence-electron chi connectivity index (χ4n) is 1.43. The largest absolute Gasteiger partial charge is 0.478 e. The van der Waals surface area contributed by atoms with Crippen molar-refractivity contribution in [2.75, 3.05) is 10.6 Å². The third-order valence-electron chi connectivity index (χ3n) is 2.41. The number of amides is 2. The van der Waals surface area contributed by atoms with Crippen molar-refractivity contribution in [2.24, 2.45) is 0 Å². The molecule has 0 bridgehead atoms. The average Bonchev–Trinajstić information content (AvgIpc) is 2.88. The summed E-state index contributed by atoms with van der Waals surface area (Å²) in [7, 11) is 0. The van der Waals surface area contributed by atoms with Crippen molar-refractivity contribution in [1.82, 2.24) is 10.2 Å². The number of hydrogen-bond donors (Lipinski definition) is 3. The van der Waals surface area contributed by atoms with Crippen LogP contribution >= 0.6 is 22.7 Å². The number of nitrogens with zero attached hydrogens (tertiary/aromatic N) is 2. The molecule has 2 aromatic heterocycles. The number of urea groups is 1. The number of rotatable bonds is 3. The maximum atomic E-state index is 11.7. The van der Waals surface area contributed by atoms with Crippen LogP contribution < -0.4 is 10.6 Å². The summed E-state index contributed by atoms with van der Waals surface area (Å²) in [6, 6.07) is -0.541. The van der Waals surface area contributed by atoms with Gasteiger partial charge in [0.25, 0.3) is 0 Å². The Balaban J connectivity index is 2.17. The van der Waals surface area contributed by atoms with E-state index in [4.69, 9.17) is 5.11 Å². The number of aromatic nitrogens is 2. The molecule has 0 saturated carbocycles. The number of carboxylic acid groups (broad SMARTS) is 1. The lowest BCUT2D eigenvalue weighted by molar-refractivity contribution is 0.0697. The van der Waals surface area contributed by atoms with Gasteiger partial charge in [-0.15, -0.1) is 21.5 Å². The van der Waals surface area contributed by atoms with Crippen molar-refractivity contribution >= 4 is 44.8 Å². The van der Waals surface area contributed by atoms with Crippen LogP contribution in [0.1, 0.15) is 20.8 Å². The minimum atomic E-state index is -1.06. The molecule has 9 heteroatoms. The number of aryl methyl sites for hydroxylation is 1. The first-order valence-electron chi connectivity index (χ1n) is 5.16. The zero-order chi connectivity index (χ0) is 14.0. The Kier molecular flexibility index (Phi) is 3.76. The standard InChI is InChI=1S/C10H10N4O3S2/c1-4-5(2)19-7(6(4)8(15)16)12-9(17)13-10-14-11-3-18-10/h3H,1-2H3,(H,15,16)(H2,12,13,14,17). The van der Waals surface area contributed by atoms with Crippen LogP contribution in [0.3, 0.4) is 0 Å². The molecule has 3 N–H and O–H groups in total. The van der Waals surface area contributed by atoms with Crippen LogP contribution in [0.25, 0.3) is 0 Å². The molecule has 19 heavy (non-hydrogen) atoms. The van der Waals surface area contributed by atoms with Gasteiger partial charge in [0.05, 0.1) is 5.56 Å². The molecular weight excluding hydrogens is 288 g/mol. The number of nitrogens with one attached hydrogen (secondary N) is 2. The molecule has 0 aliphatic carbocycles. The average molecular weight is 298 g/mol. The summed E-state index contributed by atoms with van der Waals surface area (Å²) in [6.45, 7) is 3.52. The predicted octanol–water partition coefficient (Wildman–Crippen LogP) is 2.56. The molecule has 2 amide bonds. The normalized spacial score (nSPS) is 10.2. The molecule has 0 radical (unpaired) electrons. The van der Waals surface area contributed by atoms with Crippen molar-refractivity contribution < 1.29 is 14.7 Å². The third-order valence-corrected chi connectivity index (χ3v) is 4.14. The maximum Gasteiger partial charge on any atom is 0.338 e. The number of carbonyl (C=O) groups excluding carboxylic acids is 1. The molecule has 0 spiro atoms. The Bertz CT molecular complexity index is 621. The van der Waals surface area contributed by atoms with Gasteiger partial charge in [-0.05, 0) is 19.4 Å². The second kappa shape index (κ2) is 5.33. The molecule has 0 fully saturated rings. The van der Waals surface area contributed by atoms with E-state index in [1.54, 1.807) is 13.8 Å². The minimum absolute atomic E-state index is 0.120. The van der Waals surface area contributed by atoms with Crippen molar-refractivity contribution in [3.05, 3.63) is 21.5 Å². The van der Waals surface area contributed by atoms with Crippen molar-refractivity contribution in [1.29, 1.82) is 0 Å². The molecular formula is C10H10N4O3S2. The van der Waals surface area contributed by atoms with E-state index in [1.807, 2.05) is 0 Å². The highest BCUT2D eigenvalue weighted by molar-refractivity contribution is 7.17. The second-order valence-electron chi connectivity index (χ2n) is 3.62. The first-order chi connectivity index (χ1) is 8.99. The lowest BCUT2D eigenvalue weighted by Crippen LogP contribution is -2.20. The van der Waals surface area contributed by atoms with E-state index in [0.717, 1.165) is 4.88 Å². The predicted molar refractivity (Wildman–Crippen MR) is 73.3 cm³/mol. The molecule has 100 valence electrons. The van der Waals surface area contributed by atoms with Crippen LogP contribution in [0.2, 0.25) is 0 Å². The minimum Gasteiger partial charge on any atom is -0.478 e. The molecule has 0 aliphatic rings. The maximum absolute atomic E-state index is 11.7. The summed E-state index contributed by atoms with van der Waals surface area (Å²) in [5, 5.41) is 22.0. The highest BCUT2D eigenvalue weighted by Crippen LogP contribution is 2.32. The van der Waals surface area contributed by atoms with E-state index in [1.165, 1.54) is 28.2 Å². The first-order valence-corrected chi connectivity index (χ1v) is 6.86. The zero-order valence-electron chi connectivity index (χ0n) is 10.1. The Hall–Kier alpha value is -2.00. The van der Waals surface area contributed by atoms with Gasteiger partial charge < -0.3 is 5.11 Å². The molecule has 0 atom stereocenters. The van der Waals surface area contributed by atoms with Gasteiger partial charge in [0, 0.05) is 4.88 Å². The summed E-state index contributed by atoms with van der Waals surface area (Å²) < 4.78 is 0. The fourth-order valence-corrected chi connectivity index (χ4v) is 2.92. The fraction of sp³-hybridized carbons (Fsp3) is 0.200. The topological polar surface area (TPSA) is 104 Å². The van der Waals surface area contributed by atoms with Crippen LogP contribution in [0, 0.1) is 13.8 Å². The van der Waals surface area contributed by atoms with Gasteiger partial charge in [-0.3, -0.25) is 10.6 Å². The van der Waals surface area contributed by atoms with Gasteiger partial charge in [0.2, 0.25) is 5.13 Å². The molecule has 0 unspecified atom stereocenters. The van der Waals surface area contributed by atoms with E-state index >= 15 is 0 Å². The van der Waals surface area contributed by atoms with E-state index in [-0.39, 0.29) is 5.56 Å². The third kappa shape index (κ3) is 2.88. The smallest absolute Gasteiger partial charge is 0.338 e. The lowest BCUT2D eigenvalue weighted by atomic mass is 10.1. The summed E-state index contributed by atoms with van der Waals surface area (Å²) in [5.74, 6) is -1.06. The summed E-state index contributed by atoms with van der Waals surface area (Å²) in [4.78, 5) is 23.7. The van der Waals surface area contributed by atoms with Crippen LogP contribution in [-0.2, 0) is 0 Å². The van der Waals surface area contributed by atoms with Crippen LogP contribution in [0.15, 0.2) is 5.51 Å². The Morgan fingerprint density at radius 1 is 1.32 bits per heavy atom. The van der Waals surface area contributed by atoms with Crippen LogP contribution in [0.5, 0.6) is 0 Å². The molecule has 2 heterocycles. The van der Waals surface area contributed by atoms with E-state index in [0.29, 0.717) is 15.7 Å². The monoisotopic (exact) mass is 298 g/mol. The van der Waals surface area contributed by atoms with Gasteiger partial charge in [-0.2, -0.15) is 0 Å². The quantitative estimate of drug-likeness (QED) is 0.807. The van der Waals surface area contributed by atoms with E-state index in [9.17, 15) is 9.59 Å². The highest BCUT2D eigenvalue weighted by Gasteiger charge is 2.20. The summed E-state index contributed by atoms with van der Waals surface area (Å²) >= 11 is 2.40. The lowest BCUT2D eigenvalue weighted by Gasteiger charge is -2.04. The summed E-state index contributed by atoms with van der Waals surface area (Å²) in [6.07, 6.45) is 0. The van der Waals surface area contributed by atoms with E-state index < -0.39 is 12.0 Å². The molecule has 7 nitrogen and oxygen atoms in total. The van der Waals surface area contributed by atoms with Gasteiger partial charge >= 0.3 is 12.0 Å². The number of aromatic carboxylic acids is 1. The number of anilines is 2. The van der Waals surface area contributed by atoms with E-state index in [2.05, 4.69) is 20.8 Å². The van der Waals surface area contributed by atoms with Crippen LogP contribution in [-0.4, -0.2) is 27.3 Å². The highest BCUT2D eigenvalue weighted by atomic mass is 32.1. The van der Waals surface area contributed by atoms with Gasteiger partial charge in [-0.1, -0.05) is 11.3 Å². The number of thiophene rings is 1. The number of hydrogen-bond acceptors (Lipinski definition) is 6. The molecule has 2 aromatic rings.